The lowest BCUT2D eigenvalue weighted by atomic mass is 9.86. The number of aryl methyl sites for hydroxylation is 2. The van der Waals surface area contributed by atoms with Crippen LogP contribution in [0.5, 0.6) is 0 Å². The molecule has 0 saturated heterocycles. The summed E-state index contributed by atoms with van der Waals surface area (Å²) < 4.78 is 17.6. The Hall–Kier alpha value is -3.06. The Morgan fingerprint density at radius 3 is 2.42 bits per heavy atom. The number of allylic oxidation sites excluding steroid dienone is 1. The summed E-state index contributed by atoms with van der Waals surface area (Å²) in [6, 6.07) is 8.16. The molecule has 1 heterocycles. The predicted molar refractivity (Wildman–Crippen MR) is 133 cm³/mol. The molecule has 0 aliphatic carbocycles. The van der Waals surface area contributed by atoms with E-state index in [4.69, 9.17) is 25.8 Å². The van der Waals surface area contributed by atoms with E-state index >= 15 is 0 Å². The van der Waals surface area contributed by atoms with Gasteiger partial charge in [-0.3, -0.25) is 9.67 Å². The number of nitrogens with zero attached hydrogens (tertiary/aromatic N) is 3. The third-order valence-corrected chi connectivity index (χ3v) is 5.29. The van der Waals surface area contributed by atoms with Crippen molar-refractivity contribution in [3.63, 3.8) is 0 Å². The van der Waals surface area contributed by atoms with Crippen molar-refractivity contribution >= 4 is 35.3 Å². The number of ether oxygens (including phenoxy) is 3. The molecular weight excluding hydrogens is 442 g/mol. The van der Waals surface area contributed by atoms with Crippen molar-refractivity contribution in [2.45, 2.75) is 46.6 Å². The first-order chi connectivity index (χ1) is 15.6. The fraction of sp³-hybridized carbons (Fsp3) is 0.400. The van der Waals surface area contributed by atoms with Gasteiger partial charge >= 0.3 is 6.16 Å². The highest BCUT2D eigenvalue weighted by Gasteiger charge is 2.23. The summed E-state index contributed by atoms with van der Waals surface area (Å²) >= 11 is 6.63. The summed E-state index contributed by atoms with van der Waals surface area (Å²) in [7, 11) is 1.67. The quantitative estimate of drug-likeness (QED) is 0.146. The topological polar surface area (TPSA) is 74.9 Å². The number of aromatic nitrogens is 2. The number of carbonyl (C=O) groups is 1. The van der Waals surface area contributed by atoms with Crippen molar-refractivity contribution in [2.24, 2.45) is 4.99 Å². The summed E-state index contributed by atoms with van der Waals surface area (Å²) in [6.45, 7) is 14.0. The zero-order valence-electron chi connectivity index (χ0n) is 20.1. The van der Waals surface area contributed by atoms with Crippen LogP contribution in [0.4, 0.5) is 4.79 Å². The van der Waals surface area contributed by atoms with Crippen molar-refractivity contribution in [2.75, 3.05) is 20.4 Å². The molecule has 2 rings (SSSR count). The van der Waals surface area contributed by atoms with E-state index in [2.05, 4.69) is 49.6 Å². The van der Waals surface area contributed by atoms with Crippen LogP contribution in [0.2, 0.25) is 5.02 Å². The van der Waals surface area contributed by atoms with Crippen LogP contribution in [0.25, 0.3) is 11.3 Å². The van der Waals surface area contributed by atoms with Crippen LogP contribution in [0, 0.1) is 6.92 Å². The number of benzene rings is 1. The van der Waals surface area contributed by atoms with Crippen molar-refractivity contribution in [1.29, 1.82) is 0 Å². The monoisotopic (exact) mass is 473 g/mol. The smallest absolute Gasteiger partial charge is 0.454 e. The molecule has 0 bridgehead atoms. The number of rotatable bonds is 9. The summed E-state index contributed by atoms with van der Waals surface area (Å²) in [5.41, 5.74) is 4.00. The molecular formula is C25H32ClN3O4. The van der Waals surface area contributed by atoms with E-state index in [0.717, 1.165) is 5.56 Å². The van der Waals surface area contributed by atoms with Crippen LogP contribution in [0.15, 0.2) is 41.9 Å². The Morgan fingerprint density at radius 1 is 1.21 bits per heavy atom. The van der Waals surface area contributed by atoms with Crippen LogP contribution in [-0.2, 0) is 26.2 Å². The molecule has 2 aromatic rings. The number of hydrogen-bond donors (Lipinski definition) is 0. The maximum atomic E-state index is 11.8. The molecule has 8 heteroatoms. The third-order valence-electron chi connectivity index (χ3n) is 4.83. The average molecular weight is 474 g/mol. The molecule has 0 aliphatic heterocycles. The number of halogens is 1. The lowest BCUT2D eigenvalue weighted by molar-refractivity contribution is -0.00149. The summed E-state index contributed by atoms with van der Waals surface area (Å²) in [5.74, 6) is 0.396. The predicted octanol–water partition coefficient (Wildman–Crippen LogP) is 6.04. The maximum absolute atomic E-state index is 11.8. The van der Waals surface area contributed by atoms with Gasteiger partial charge in [0.15, 0.2) is 5.76 Å². The molecule has 0 radical (unpaired) electrons. The minimum atomic E-state index is -0.860. The van der Waals surface area contributed by atoms with Gasteiger partial charge in [0.2, 0.25) is 6.79 Å². The number of carbonyl (C=O) groups excluding carboxylic acids is 1. The third kappa shape index (κ3) is 6.71. The first kappa shape index (κ1) is 26.2. The molecule has 0 atom stereocenters. The molecule has 178 valence electrons. The van der Waals surface area contributed by atoms with E-state index in [9.17, 15) is 4.79 Å². The fourth-order valence-electron chi connectivity index (χ4n) is 3.13. The van der Waals surface area contributed by atoms with Gasteiger partial charge in [-0.2, -0.15) is 5.10 Å². The maximum Gasteiger partial charge on any atom is 0.511 e. The molecule has 0 spiro atoms. The second-order valence-electron chi connectivity index (χ2n) is 8.28. The molecule has 33 heavy (non-hydrogen) atoms. The van der Waals surface area contributed by atoms with Crippen LogP contribution >= 0.6 is 11.6 Å². The molecule has 1 aromatic carbocycles. The lowest BCUT2D eigenvalue weighted by Gasteiger charge is -2.20. The Morgan fingerprint density at radius 2 is 1.88 bits per heavy atom. The number of hydrogen-bond acceptors (Lipinski definition) is 6. The van der Waals surface area contributed by atoms with Crippen molar-refractivity contribution in [3.05, 3.63) is 64.5 Å². The molecule has 0 saturated carbocycles. The standard InChI is InChI=1S/C25H32ClN3O4/c1-8-14-31-24(30)33-16-32-23(22-21(26)17(3)28-29(22)9-2)20(15-27-7)18-10-12-19(13-11-18)25(4,5)6/h8,10-13,15H,1,9,14,16H2,2-7H3/b23-20-,27-15?. The van der Waals surface area contributed by atoms with E-state index in [1.54, 1.807) is 17.9 Å². The minimum absolute atomic E-state index is 0.0153. The Labute approximate surface area is 200 Å². The van der Waals surface area contributed by atoms with E-state index in [1.165, 1.54) is 11.6 Å². The minimum Gasteiger partial charge on any atom is -0.454 e. The highest BCUT2D eigenvalue weighted by atomic mass is 35.5. The SMILES string of the molecule is C=CCOC(=O)OCO/C(=C(/C=NC)c1ccc(C(C)(C)C)cc1)c1c(Cl)c(C)nn1CC. The fourth-order valence-corrected chi connectivity index (χ4v) is 3.35. The highest BCUT2D eigenvalue weighted by molar-refractivity contribution is 6.33. The molecule has 0 amide bonds. The molecule has 0 N–H and O–H groups in total. The average Bonchev–Trinajstić information content (AvgIpc) is 3.07. The second kappa shape index (κ2) is 11.7. The second-order valence-corrected chi connectivity index (χ2v) is 8.66. The molecule has 7 nitrogen and oxygen atoms in total. The largest absolute Gasteiger partial charge is 0.511 e. The first-order valence-electron chi connectivity index (χ1n) is 10.7. The number of aliphatic imine (C=N–C) groups is 1. The zero-order chi connectivity index (χ0) is 24.6. The van der Waals surface area contributed by atoms with Crippen LogP contribution in [-0.4, -0.2) is 42.6 Å². The van der Waals surface area contributed by atoms with Crippen LogP contribution in [0.1, 0.15) is 50.2 Å². The van der Waals surface area contributed by atoms with E-state index in [-0.39, 0.29) is 18.8 Å². The van der Waals surface area contributed by atoms with Gasteiger partial charge in [-0.25, -0.2) is 4.79 Å². The van der Waals surface area contributed by atoms with Gasteiger partial charge in [0.25, 0.3) is 0 Å². The Balaban J connectivity index is 2.58. The normalized spacial score (nSPS) is 12.5. The van der Waals surface area contributed by atoms with Crippen molar-refractivity contribution in [3.8, 4) is 0 Å². The van der Waals surface area contributed by atoms with Gasteiger partial charge in [-0.05, 0) is 30.4 Å². The Kier molecular flexibility index (Phi) is 9.29. The van der Waals surface area contributed by atoms with Gasteiger partial charge in [-0.1, -0.05) is 69.3 Å². The van der Waals surface area contributed by atoms with E-state index in [0.29, 0.717) is 34.3 Å². The van der Waals surface area contributed by atoms with Crippen LogP contribution in [0.3, 0.4) is 0 Å². The van der Waals surface area contributed by atoms with Gasteiger partial charge < -0.3 is 14.2 Å². The molecule has 0 aliphatic rings. The summed E-state index contributed by atoms with van der Waals surface area (Å²) in [4.78, 5) is 16.0. The molecule has 0 fully saturated rings. The summed E-state index contributed by atoms with van der Waals surface area (Å²) in [6.07, 6.45) is 2.28. The lowest BCUT2D eigenvalue weighted by Crippen LogP contribution is -2.13. The van der Waals surface area contributed by atoms with E-state index in [1.807, 2.05) is 26.0 Å². The molecule has 0 unspecified atom stereocenters. The zero-order valence-corrected chi connectivity index (χ0v) is 20.9. The van der Waals surface area contributed by atoms with Gasteiger partial charge in [0, 0.05) is 25.4 Å². The Bertz CT molecular complexity index is 1030. The van der Waals surface area contributed by atoms with E-state index < -0.39 is 6.16 Å². The van der Waals surface area contributed by atoms with Crippen molar-refractivity contribution in [1.82, 2.24) is 9.78 Å². The van der Waals surface area contributed by atoms with Crippen molar-refractivity contribution < 1.29 is 19.0 Å². The van der Waals surface area contributed by atoms with Gasteiger partial charge in [0.1, 0.15) is 12.3 Å². The van der Waals surface area contributed by atoms with Gasteiger partial charge in [-0.15, -0.1) is 0 Å². The molecule has 1 aromatic heterocycles. The first-order valence-corrected chi connectivity index (χ1v) is 11.1. The highest BCUT2D eigenvalue weighted by Crippen LogP contribution is 2.34. The van der Waals surface area contributed by atoms with Gasteiger partial charge in [0.05, 0.1) is 10.7 Å². The van der Waals surface area contributed by atoms with Crippen LogP contribution < -0.4 is 0 Å². The summed E-state index contributed by atoms with van der Waals surface area (Å²) in [5, 5.41) is 4.95.